The van der Waals surface area contributed by atoms with E-state index in [2.05, 4.69) is 21.2 Å². The molecule has 3 N–H and O–H groups in total. The second kappa shape index (κ2) is 7.76. The molecule has 0 spiro atoms. The summed E-state index contributed by atoms with van der Waals surface area (Å²) in [7, 11) is 0. The van der Waals surface area contributed by atoms with Gasteiger partial charge >= 0.3 is 6.03 Å². The van der Waals surface area contributed by atoms with Crippen LogP contribution in [0.1, 0.15) is 18.9 Å². The minimum Gasteiger partial charge on any atom is -0.308 e. The molecule has 0 bridgehead atoms. The average Bonchev–Trinajstić information content (AvgIpc) is 2.59. The Morgan fingerprint density at radius 1 is 1.12 bits per heavy atom. The molecule has 1 aliphatic heterocycles. The molecule has 1 aliphatic rings. The van der Waals surface area contributed by atoms with Crippen molar-refractivity contribution in [1.82, 2.24) is 5.43 Å². The molecule has 2 aromatic carbocycles. The number of nitrogens with zero attached hydrogens (tertiary/aromatic N) is 1. The molecule has 1 unspecified atom stereocenters. The summed E-state index contributed by atoms with van der Waals surface area (Å²) in [4.78, 5) is 23.5. The number of carbonyl (C=O) groups excluding carboxylic acids is 2. The zero-order valence-electron chi connectivity index (χ0n) is 13.8. The van der Waals surface area contributed by atoms with Crippen LogP contribution in [0.2, 0.25) is 10.0 Å². The van der Waals surface area contributed by atoms with Crippen LogP contribution in [0.5, 0.6) is 0 Å². The number of hydrogen-bond acceptors (Lipinski definition) is 3. The quantitative estimate of drug-likeness (QED) is 0.720. The molecule has 3 amide bonds. The molecule has 0 radical (unpaired) electrons. The predicted octanol–water partition coefficient (Wildman–Crippen LogP) is 4.50. The first-order valence-corrected chi connectivity index (χ1v) is 8.68. The summed E-state index contributed by atoms with van der Waals surface area (Å²) in [5.74, 6) is -0.0531. The molecule has 0 fully saturated rings. The zero-order valence-corrected chi connectivity index (χ0v) is 15.4. The Kier molecular flexibility index (Phi) is 5.44. The Hall–Kier alpha value is -2.57. The van der Waals surface area contributed by atoms with Crippen molar-refractivity contribution in [2.45, 2.75) is 13.3 Å². The van der Waals surface area contributed by atoms with Gasteiger partial charge in [0, 0.05) is 18.0 Å². The van der Waals surface area contributed by atoms with E-state index in [1.165, 1.54) is 0 Å². The summed E-state index contributed by atoms with van der Waals surface area (Å²) < 4.78 is 0. The summed E-state index contributed by atoms with van der Waals surface area (Å²) in [5.41, 5.74) is 5.14. The van der Waals surface area contributed by atoms with E-state index in [-0.39, 0.29) is 11.8 Å². The van der Waals surface area contributed by atoms with Gasteiger partial charge in [0.05, 0.1) is 21.4 Å². The van der Waals surface area contributed by atoms with E-state index < -0.39 is 6.03 Å². The van der Waals surface area contributed by atoms with Gasteiger partial charge in [-0.05, 0) is 29.8 Å². The third-order valence-corrected chi connectivity index (χ3v) is 4.53. The second-order valence-corrected chi connectivity index (χ2v) is 6.70. The molecular weight excluding hydrogens is 375 g/mol. The smallest absolute Gasteiger partial charge is 0.308 e. The van der Waals surface area contributed by atoms with Crippen LogP contribution in [0.4, 0.5) is 16.2 Å². The van der Waals surface area contributed by atoms with Crippen LogP contribution in [0.25, 0.3) is 0 Å². The molecule has 1 atom stereocenters. The average molecular weight is 391 g/mol. The van der Waals surface area contributed by atoms with Gasteiger partial charge in [0.2, 0.25) is 5.91 Å². The maximum absolute atomic E-state index is 12.2. The first-order valence-electron chi connectivity index (χ1n) is 7.93. The van der Waals surface area contributed by atoms with Gasteiger partial charge < -0.3 is 10.6 Å². The molecule has 0 saturated carbocycles. The lowest BCUT2D eigenvalue weighted by molar-refractivity contribution is -0.121. The van der Waals surface area contributed by atoms with Crippen LogP contribution in [-0.2, 0) is 4.79 Å². The van der Waals surface area contributed by atoms with E-state index in [0.717, 1.165) is 11.3 Å². The summed E-state index contributed by atoms with van der Waals surface area (Å²) >= 11 is 12.1. The number of benzene rings is 2. The summed E-state index contributed by atoms with van der Waals surface area (Å²) in [5, 5.41) is 10.2. The Labute approximate surface area is 160 Å². The van der Waals surface area contributed by atoms with Crippen molar-refractivity contribution >= 4 is 52.2 Å². The Morgan fingerprint density at radius 3 is 2.38 bits per heavy atom. The fourth-order valence-electron chi connectivity index (χ4n) is 2.62. The van der Waals surface area contributed by atoms with Gasteiger partial charge in [-0.3, -0.25) is 4.79 Å². The first-order chi connectivity index (χ1) is 12.4. The van der Waals surface area contributed by atoms with Crippen molar-refractivity contribution in [2.24, 2.45) is 11.0 Å². The van der Waals surface area contributed by atoms with Gasteiger partial charge in [-0.1, -0.05) is 48.3 Å². The van der Waals surface area contributed by atoms with Gasteiger partial charge in [0.15, 0.2) is 0 Å². The highest BCUT2D eigenvalue weighted by Gasteiger charge is 2.21. The highest BCUT2D eigenvalue weighted by atomic mass is 35.5. The van der Waals surface area contributed by atoms with Crippen LogP contribution < -0.4 is 16.1 Å². The third-order valence-electron chi connectivity index (χ3n) is 3.90. The van der Waals surface area contributed by atoms with Crippen molar-refractivity contribution in [3.8, 4) is 0 Å². The van der Waals surface area contributed by atoms with E-state index in [0.29, 0.717) is 27.8 Å². The minimum atomic E-state index is -0.455. The van der Waals surface area contributed by atoms with E-state index in [4.69, 9.17) is 23.2 Å². The number of rotatable bonds is 3. The molecule has 26 heavy (non-hydrogen) atoms. The van der Waals surface area contributed by atoms with Gasteiger partial charge in [-0.15, -0.1) is 0 Å². The highest BCUT2D eigenvalue weighted by Crippen LogP contribution is 2.29. The first kappa shape index (κ1) is 18.2. The number of hydrazone groups is 1. The lowest BCUT2D eigenvalue weighted by atomic mass is 9.94. The van der Waals surface area contributed by atoms with Crippen LogP contribution >= 0.6 is 23.2 Å². The van der Waals surface area contributed by atoms with E-state index >= 15 is 0 Å². The maximum Gasteiger partial charge on any atom is 0.323 e. The number of halogens is 2. The molecule has 1 heterocycles. The molecule has 3 rings (SSSR count). The SMILES string of the molecule is CC1CC(=O)NN=C1c1ccc(NC(=O)Nc2c(Cl)cccc2Cl)cc1. The van der Waals surface area contributed by atoms with Crippen molar-refractivity contribution in [2.75, 3.05) is 10.6 Å². The van der Waals surface area contributed by atoms with E-state index in [1.54, 1.807) is 30.3 Å². The molecule has 0 aromatic heterocycles. The number of nitrogens with one attached hydrogen (secondary N) is 3. The van der Waals surface area contributed by atoms with Crippen LogP contribution in [0.15, 0.2) is 47.6 Å². The molecule has 0 aliphatic carbocycles. The van der Waals surface area contributed by atoms with Gasteiger partial charge in [0.1, 0.15) is 0 Å². The van der Waals surface area contributed by atoms with Gasteiger partial charge in [-0.2, -0.15) is 5.10 Å². The summed E-state index contributed by atoms with van der Waals surface area (Å²) in [6.07, 6.45) is 0.403. The highest BCUT2D eigenvalue weighted by molar-refractivity contribution is 6.39. The van der Waals surface area contributed by atoms with Crippen LogP contribution in [-0.4, -0.2) is 17.6 Å². The fraction of sp³-hybridized carbons (Fsp3) is 0.167. The van der Waals surface area contributed by atoms with E-state index in [9.17, 15) is 9.59 Å². The lowest BCUT2D eigenvalue weighted by Gasteiger charge is -2.19. The largest absolute Gasteiger partial charge is 0.323 e. The van der Waals surface area contributed by atoms with Crippen LogP contribution in [0, 0.1) is 5.92 Å². The normalized spacial score (nSPS) is 16.5. The van der Waals surface area contributed by atoms with E-state index in [1.807, 2.05) is 19.1 Å². The zero-order chi connectivity index (χ0) is 18.7. The monoisotopic (exact) mass is 390 g/mol. The number of hydrogen-bond donors (Lipinski definition) is 3. The molecule has 0 saturated heterocycles. The molecule has 134 valence electrons. The maximum atomic E-state index is 12.2. The van der Waals surface area contributed by atoms with Crippen LogP contribution in [0.3, 0.4) is 0 Å². The number of anilines is 2. The fourth-order valence-corrected chi connectivity index (χ4v) is 3.11. The lowest BCUT2D eigenvalue weighted by Crippen LogP contribution is -2.31. The van der Waals surface area contributed by atoms with Crippen molar-refractivity contribution in [3.05, 3.63) is 58.1 Å². The van der Waals surface area contributed by atoms with Gasteiger partial charge in [-0.25, -0.2) is 10.2 Å². The van der Waals surface area contributed by atoms with Crippen molar-refractivity contribution in [3.63, 3.8) is 0 Å². The Bertz CT molecular complexity index is 861. The summed E-state index contributed by atoms with van der Waals surface area (Å²) in [6, 6.07) is 11.7. The molecular formula is C18H16Cl2N4O2. The number of para-hydroxylation sites is 1. The second-order valence-electron chi connectivity index (χ2n) is 5.89. The number of carbonyl (C=O) groups is 2. The molecule has 6 nitrogen and oxygen atoms in total. The van der Waals surface area contributed by atoms with Gasteiger partial charge in [0.25, 0.3) is 0 Å². The third kappa shape index (κ3) is 4.15. The topological polar surface area (TPSA) is 82.6 Å². The number of urea groups is 1. The molecule has 8 heteroatoms. The van der Waals surface area contributed by atoms with Crippen molar-refractivity contribution < 1.29 is 9.59 Å². The summed E-state index contributed by atoms with van der Waals surface area (Å²) in [6.45, 7) is 1.95. The number of amides is 3. The minimum absolute atomic E-state index is 0.0354. The Morgan fingerprint density at radius 2 is 1.77 bits per heavy atom. The standard InChI is InChI=1S/C18H16Cl2N4O2/c1-10-9-15(25)23-24-16(10)11-5-7-12(8-6-11)21-18(26)22-17-13(19)3-2-4-14(17)20/h2-8,10H,9H2,1H3,(H,23,25)(H2,21,22,26). The predicted molar refractivity (Wildman–Crippen MR) is 104 cm³/mol. The molecule has 2 aromatic rings. The Balaban J connectivity index is 1.68. The van der Waals surface area contributed by atoms with Crippen molar-refractivity contribution in [1.29, 1.82) is 0 Å².